The van der Waals surface area contributed by atoms with Gasteiger partial charge in [-0.1, -0.05) is 30.3 Å². The van der Waals surface area contributed by atoms with Gasteiger partial charge in [-0.25, -0.2) is 9.97 Å². The summed E-state index contributed by atoms with van der Waals surface area (Å²) in [5.41, 5.74) is 4.74. The zero-order chi connectivity index (χ0) is 19.8. The van der Waals surface area contributed by atoms with Gasteiger partial charge in [-0.3, -0.25) is 9.69 Å². The molecule has 2 atom stereocenters. The number of aryl methyl sites for hydroxylation is 1. The lowest BCUT2D eigenvalue weighted by molar-refractivity contribution is 0.0735. The van der Waals surface area contributed by atoms with Crippen molar-refractivity contribution in [1.82, 2.24) is 19.8 Å². The fraction of sp³-hybridized carbons (Fsp3) is 0.375. The Labute approximate surface area is 171 Å². The lowest BCUT2D eigenvalue weighted by Gasteiger charge is -2.35. The van der Waals surface area contributed by atoms with E-state index in [2.05, 4.69) is 16.7 Å². The normalized spacial score (nSPS) is 22.0. The Kier molecular flexibility index (Phi) is 4.76. The van der Waals surface area contributed by atoms with Crippen LogP contribution in [0.5, 0.6) is 0 Å². The van der Waals surface area contributed by atoms with Crippen molar-refractivity contribution in [2.75, 3.05) is 19.6 Å². The zero-order valence-electron chi connectivity index (χ0n) is 16.8. The molecule has 5 heteroatoms. The van der Waals surface area contributed by atoms with Crippen molar-refractivity contribution in [3.05, 3.63) is 71.5 Å². The number of carbonyl (C=O) groups is 1. The molecule has 4 heterocycles. The van der Waals surface area contributed by atoms with Crippen LogP contribution >= 0.6 is 0 Å². The van der Waals surface area contributed by atoms with Crippen molar-refractivity contribution in [2.45, 2.75) is 32.4 Å². The van der Waals surface area contributed by atoms with E-state index in [1.165, 1.54) is 6.42 Å². The fourth-order valence-corrected chi connectivity index (χ4v) is 4.77. The Hall–Kier alpha value is -2.79. The first-order chi connectivity index (χ1) is 14.2. The third-order valence-corrected chi connectivity index (χ3v) is 6.33. The van der Waals surface area contributed by atoms with Gasteiger partial charge < -0.3 is 4.90 Å². The van der Waals surface area contributed by atoms with Gasteiger partial charge in [0.15, 0.2) is 0 Å². The highest BCUT2D eigenvalue weighted by Gasteiger charge is 2.37. The molecule has 1 amide bonds. The summed E-state index contributed by atoms with van der Waals surface area (Å²) < 4.78 is 0. The molecule has 0 spiro atoms. The van der Waals surface area contributed by atoms with Gasteiger partial charge in [-0.05, 0) is 49.9 Å². The molecule has 3 aromatic rings. The lowest BCUT2D eigenvalue weighted by Crippen LogP contribution is -2.44. The number of piperidine rings is 1. The first-order valence-corrected chi connectivity index (χ1v) is 10.5. The predicted molar refractivity (Wildman–Crippen MR) is 114 cm³/mol. The lowest BCUT2D eigenvalue weighted by atomic mass is 9.95. The SMILES string of the molecule is Cc1nc2ccccc2nc1CN1C[C@H]2CC[C@@H]1CN(C(=O)c1ccccc1)C2. The van der Waals surface area contributed by atoms with E-state index in [9.17, 15) is 4.79 Å². The Morgan fingerprint density at radius 1 is 0.931 bits per heavy atom. The van der Waals surface area contributed by atoms with Crippen LogP contribution in [0.4, 0.5) is 0 Å². The van der Waals surface area contributed by atoms with E-state index in [0.29, 0.717) is 12.0 Å². The highest BCUT2D eigenvalue weighted by Crippen LogP contribution is 2.30. The third-order valence-electron chi connectivity index (χ3n) is 6.33. The van der Waals surface area contributed by atoms with Crippen molar-refractivity contribution in [3.8, 4) is 0 Å². The molecule has 2 aromatic carbocycles. The van der Waals surface area contributed by atoms with Crippen LogP contribution < -0.4 is 0 Å². The molecule has 29 heavy (non-hydrogen) atoms. The molecule has 148 valence electrons. The quantitative estimate of drug-likeness (QED) is 0.689. The molecule has 0 unspecified atom stereocenters. The Morgan fingerprint density at radius 3 is 2.45 bits per heavy atom. The summed E-state index contributed by atoms with van der Waals surface area (Å²) in [5, 5.41) is 0. The molecule has 3 aliphatic rings. The average Bonchev–Trinajstić information content (AvgIpc) is 3.06. The van der Waals surface area contributed by atoms with Gasteiger partial charge in [0, 0.05) is 37.8 Å². The number of fused-ring (bicyclic) bond motifs is 5. The van der Waals surface area contributed by atoms with Crippen LogP contribution in [0.1, 0.15) is 34.6 Å². The second kappa shape index (κ2) is 7.56. The second-order valence-electron chi connectivity index (χ2n) is 8.35. The van der Waals surface area contributed by atoms with Gasteiger partial charge >= 0.3 is 0 Å². The molecule has 2 bridgehead atoms. The largest absolute Gasteiger partial charge is 0.337 e. The van der Waals surface area contributed by atoms with Crippen LogP contribution in [0.15, 0.2) is 54.6 Å². The van der Waals surface area contributed by atoms with Crippen molar-refractivity contribution in [2.24, 2.45) is 5.92 Å². The monoisotopic (exact) mass is 386 g/mol. The minimum Gasteiger partial charge on any atom is -0.337 e. The van der Waals surface area contributed by atoms with Crippen LogP contribution in [0.2, 0.25) is 0 Å². The predicted octanol–water partition coefficient (Wildman–Crippen LogP) is 3.67. The molecule has 0 radical (unpaired) electrons. The van der Waals surface area contributed by atoms with Gasteiger partial charge in [0.05, 0.1) is 22.4 Å². The Morgan fingerprint density at radius 2 is 1.66 bits per heavy atom. The maximum absolute atomic E-state index is 13.0. The van der Waals surface area contributed by atoms with E-state index >= 15 is 0 Å². The Balaban J connectivity index is 1.37. The number of aromatic nitrogens is 2. The number of rotatable bonds is 3. The smallest absolute Gasteiger partial charge is 0.253 e. The van der Waals surface area contributed by atoms with Gasteiger partial charge in [-0.2, -0.15) is 0 Å². The molecule has 0 N–H and O–H groups in total. The molecule has 6 rings (SSSR count). The summed E-state index contributed by atoms with van der Waals surface area (Å²) >= 11 is 0. The number of nitrogens with zero attached hydrogens (tertiary/aromatic N) is 4. The molecule has 5 nitrogen and oxygen atoms in total. The van der Waals surface area contributed by atoms with Crippen molar-refractivity contribution in [3.63, 3.8) is 0 Å². The van der Waals surface area contributed by atoms with Gasteiger partial charge in [0.25, 0.3) is 5.91 Å². The number of benzene rings is 2. The van der Waals surface area contributed by atoms with E-state index in [0.717, 1.165) is 60.6 Å². The average molecular weight is 386 g/mol. The molecule has 0 aliphatic carbocycles. The summed E-state index contributed by atoms with van der Waals surface area (Å²) in [6, 6.07) is 18.1. The molecule has 1 aromatic heterocycles. The highest BCUT2D eigenvalue weighted by atomic mass is 16.2. The summed E-state index contributed by atoms with van der Waals surface area (Å²) in [5.74, 6) is 0.682. The minimum atomic E-state index is 0.158. The molecule has 0 saturated carbocycles. The topological polar surface area (TPSA) is 49.3 Å². The molecular formula is C24H26N4O. The molecule has 3 aliphatic heterocycles. The minimum absolute atomic E-state index is 0.158. The van der Waals surface area contributed by atoms with Crippen LogP contribution in [-0.2, 0) is 6.54 Å². The Bertz CT molecular complexity index is 1040. The number of hydrogen-bond donors (Lipinski definition) is 0. The molecular weight excluding hydrogens is 360 g/mol. The highest BCUT2D eigenvalue weighted by molar-refractivity contribution is 5.94. The van der Waals surface area contributed by atoms with Crippen LogP contribution in [0.25, 0.3) is 11.0 Å². The van der Waals surface area contributed by atoms with E-state index in [1.807, 2.05) is 54.6 Å². The summed E-state index contributed by atoms with van der Waals surface area (Å²) in [6.45, 7) is 5.53. The van der Waals surface area contributed by atoms with Crippen molar-refractivity contribution < 1.29 is 4.79 Å². The standard InChI is InChI=1S/C24H26N4O/c1-17-23(26-22-10-6-5-9-21(22)25-17)16-27-13-18-11-12-20(27)15-28(14-18)24(29)19-7-3-2-4-8-19/h2-10,18,20H,11-16H2,1H3/t18-,20-/m1/s1. The maximum Gasteiger partial charge on any atom is 0.253 e. The van der Waals surface area contributed by atoms with Gasteiger partial charge in [-0.15, -0.1) is 0 Å². The molecule has 3 saturated heterocycles. The van der Waals surface area contributed by atoms with Crippen molar-refractivity contribution >= 4 is 16.9 Å². The fourth-order valence-electron chi connectivity index (χ4n) is 4.77. The number of amides is 1. The van der Waals surface area contributed by atoms with E-state index in [-0.39, 0.29) is 5.91 Å². The van der Waals surface area contributed by atoms with E-state index in [4.69, 9.17) is 9.97 Å². The second-order valence-corrected chi connectivity index (χ2v) is 8.35. The van der Waals surface area contributed by atoms with E-state index < -0.39 is 0 Å². The van der Waals surface area contributed by atoms with Crippen LogP contribution in [-0.4, -0.2) is 51.4 Å². The number of para-hydroxylation sites is 2. The van der Waals surface area contributed by atoms with Crippen LogP contribution in [0.3, 0.4) is 0 Å². The van der Waals surface area contributed by atoms with Gasteiger partial charge in [0.2, 0.25) is 0 Å². The first-order valence-electron chi connectivity index (χ1n) is 10.5. The van der Waals surface area contributed by atoms with Crippen molar-refractivity contribution in [1.29, 1.82) is 0 Å². The number of carbonyl (C=O) groups excluding carboxylic acids is 1. The summed E-state index contributed by atoms with van der Waals surface area (Å²) in [7, 11) is 0. The summed E-state index contributed by atoms with van der Waals surface area (Å²) in [4.78, 5) is 27.3. The third kappa shape index (κ3) is 3.62. The maximum atomic E-state index is 13.0. The summed E-state index contributed by atoms with van der Waals surface area (Å²) in [6.07, 6.45) is 2.34. The zero-order valence-corrected chi connectivity index (χ0v) is 16.8. The molecule has 3 fully saturated rings. The number of hydrogen-bond acceptors (Lipinski definition) is 4. The van der Waals surface area contributed by atoms with Crippen LogP contribution in [0, 0.1) is 12.8 Å². The first kappa shape index (κ1) is 18.3. The van der Waals surface area contributed by atoms with Gasteiger partial charge in [0.1, 0.15) is 0 Å². The van der Waals surface area contributed by atoms with E-state index in [1.54, 1.807) is 0 Å².